The monoisotopic (exact) mass is 435 g/mol. The number of aromatic nitrogens is 2. The fourth-order valence-electron chi connectivity index (χ4n) is 4.85. The third-order valence-electron chi connectivity index (χ3n) is 6.34. The lowest BCUT2D eigenvalue weighted by atomic mass is 10.00. The summed E-state index contributed by atoms with van der Waals surface area (Å²) in [6.07, 6.45) is 3.56. The van der Waals surface area contributed by atoms with Crippen LogP contribution < -0.4 is 0 Å². The van der Waals surface area contributed by atoms with Gasteiger partial charge in [-0.05, 0) is 60.0 Å². The molecule has 34 heavy (non-hydrogen) atoms. The van der Waals surface area contributed by atoms with Crippen molar-refractivity contribution in [1.29, 1.82) is 5.26 Å². The largest absolute Gasteiger partial charge is 0.309 e. The Morgan fingerprint density at radius 2 is 1.50 bits per heavy atom. The second kappa shape index (κ2) is 8.03. The Morgan fingerprint density at radius 1 is 0.706 bits per heavy atom. The number of hydrogen-bond acceptors (Lipinski definition) is 2. The van der Waals surface area contributed by atoms with Crippen LogP contribution in [0.4, 0.5) is 0 Å². The van der Waals surface area contributed by atoms with E-state index in [1.165, 1.54) is 27.5 Å². The van der Waals surface area contributed by atoms with Crippen molar-refractivity contribution >= 4 is 21.8 Å². The molecule has 0 amide bonds. The average Bonchev–Trinajstić information content (AvgIpc) is 3.23. The number of hydrogen-bond donors (Lipinski definition) is 0. The predicted molar refractivity (Wildman–Crippen MR) is 139 cm³/mol. The van der Waals surface area contributed by atoms with Gasteiger partial charge >= 0.3 is 0 Å². The minimum atomic E-state index is 0.628. The van der Waals surface area contributed by atoms with Crippen molar-refractivity contribution in [1.82, 2.24) is 9.55 Å². The maximum Gasteiger partial charge on any atom is 0.0992 e. The van der Waals surface area contributed by atoms with Gasteiger partial charge in [0.15, 0.2) is 0 Å². The maximum absolute atomic E-state index is 9.85. The normalized spacial score (nSPS) is 11.1. The number of para-hydroxylation sites is 2. The molecule has 0 spiro atoms. The predicted octanol–water partition coefficient (Wildman–Crippen LogP) is 7.69. The highest BCUT2D eigenvalue weighted by molar-refractivity contribution is 6.13. The van der Waals surface area contributed by atoms with Crippen molar-refractivity contribution in [2.75, 3.05) is 0 Å². The van der Waals surface area contributed by atoms with Crippen LogP contribution in [0, 0.1) is 18.3 Å². The molecule has 3 heteroatoms. The van der Waals surface area contributed by atoms with E-state index < -0.39 is 0 Å². The van der Waals surface area contributed by atoms with Crippen molar-refractivity contribution in [3.05, 3.63) is 121 Å². The molecule has 6 aromatic rings. The Kier molecular flexibility index (Phi) is 4.71. The van der Waals surface area contributed by atoms with Crippen LogP contribution in [0.25, 0.3) is 49.7 Å². The molecule has 0 N–H and O–H groups in total. The van der Waals surface area contributed by atoms with Crippen molar-refractivity contribution in [3.63, 3.8) is 0 Å². The first-order chi connectivity index (χ1) is 16.7. The van der Waals surface area contributed by atoms with Gasteiger partial charge < -0.3 is 4.57 Å². The summed E-state index contributed by atoms with van der Waals surface area (Å²) in [5, 5.41) is 12.2. The van der Waals surface area contributed by atoms with Crippen LogP contribution in [0.1, 0.15) is 11.1 Å². The summed E-state index contributed by atoms with van der Waals surface area (Å²) in [4.78, 5) is 4.15. The summed E-state index contributed by atoms with van der Waals surface area (Å²) in [7, 11) is 0. The molecule has 0 unspecified atom stereocenters. The van der Waals surface area contributed by atoms with Gasteiger partial charge in [0.1, 0.15) is 0 Å². The number of fused-ring (bicyclic) bond motifs is 3. The SMILES string of the molecule is Cc1cccc(-c2cccc3c4ccccc4n(-c4cc(C#N)cc(-c5ccncc5)c4)c23)c1. The molecule has 0 fully saturated rings. The van der Waals surface area contributed by atoms with Crippen LogP contribution in [0.5, 0.6) is 0 Å². The van der Waals surface area contributed by atoms with Crippen molar-refractivity contribution < 1.29 is 0 Å². The minimum absolute atomic E-state index is 0.628. The van der Waals surface area contributed by atoms with Gasteiger partial charge in [0, 0.05) is 34.4 Å². The lowest BCUT2D eigenvalue weighted by Gasteiger charge is -2.14. The number of nitrogens with zero attached hydrogens (tertiary/aromatic N) is 3. The first-order valence-electron chi connectivity index (χ1n) is 11.3. The van der Waals surface area contributed by atoms with Gasteiger partial charge in [0.2, 0.25) is 0 Å². The van der Waals surface area contributed by atoms with Gasteiger partial charge in [0.25, 0.3) is 0 Å². The zero-order chi connectivity index (χ0) is 23.1. The number of pyridine rings is 1. The summed E-state index contributed by atoms with van der Waals surface area (Å²) >= 11 is 0. The van der Waals surface area contributed by atoms with E-state index in [9.17, 15) is 5.26 Å². The van der Waals surface area contributed by atoms with Crippen LogP contribution in [0.2, 0.25) is 0 Å². The standard InChI is InChI=1S/C31H21N3/c1-21-6-4-7-24(16-21)27-9-5-10-29-28-8-2-3-11-30(28)34(31(27)29)26-18-22(20-32)17-25(19-26)23-12-14-33-15-13-23/h2-19H,1H3. The fraction of sp³-hybridized carbons (Fsp3) is 0.0323. The Bertz CT molecular complexity index is 1720. The van der Waals surface area contributed by atoms with E-state index >= 15 is 0 Å². The molecule has 6 rings (SSSR count). The van der Waals surface area contributed by atoms with Gasteiger partial charge in [0.05, 0.1) is 22.7 Å². The summed E-state index contributed by atoms with van der Waals surface area (Å²) < 4.78 is 2.30. The molecule has 4 aromatic carbocycles. The quantitative estimate of drug-likeness (QED) is 0.286. The highest BCUT2D eigenvalue weighted by Gasteiger charge is 2.17. The zero-order valence-electron chi connectivity index (χ0n) is 18.7. The molecule has 0 aliphatic rings. The first-order valence-corrected chi connectivity index (χ1v) is 11.3. The van der Waals surface area contributed by atoms with E-state index in [0.717, 1.165) is 27.8 Å². The Balaban J connectivity index is 1.74. The molecular formula is C31H21N3. The Morgan fingerprint density at radius 3 is 2.32 bits per heavy atom. The van der Waals surface area contributed by atoms with Gasteiger partial charge in [-0.3, -0.25) is 4.98 Å². The van der Waals surface area contributed by atoms with Crippen LogP contribution in [0.3, 0.4) is 0 Å². The summed E-state index contributed by atoms with van der Waals surface area (Å²) in [6, 6.07) is 36.0. The van der Waals surface area contributed by atoms with Crippen LogP contribution in [-0.2, 0) is 0 Å². The van der Waals surface area contributed by atoms with Crippen molar-refractivity contribution in [2.45, 2.75) is 6.92 Å². The minimum Gasteiger partial charge on any atom is -0.309 e. The summed E-state index contributed by atoms with van der Waals surface area (Å²) in [6.45, 7) is 2.12. The lowest BCUT2D eigenvalue weighted by Crippen LogP contribution is -1.97. The zero-order valence-corrected chi connectivity index (χ0v) is 18.7. The second-order valence-electron chi connectivity index (χ2n) is 8.54. The van der Waals surface area contributed by atoms with E-state index in [0.29, 0.717) is 5.56 Å². The highest BCUT2D eigenvalue weighted by atomic mass is 15.0. The van der Waals surface area contributed by atoms with Crippen LogP contribution in [0.15, 0.2) is 109 Å². The first kappa shape index (κ1) is 20.0. The number of nitriles is 1. The maximum atomic E-state index is 9.85. The van der Waals surface area contributed by atoms with E-state index in [1.54, 1.807) is 12.4 Å². The summed E-state index contributed by atoms with van der Waals surface area (Å²) in [5.41, 5.74) is 9.47. The molecule has 0 saturated heterocycles. The smallest absolute Gasteiger partial charge is 0.0992 e. The highest BCUT2D eigenvalue weighted by Crippen LogP contribution is 2.39. The number of aryl methyl sites for hydroxylation is 1. The topological polar surface area (TPSA) is 41.6 Å². The van der Waals surface area contributed by atoms with Gasteiger partial charge in [-0.2, -0.15) is 5.26 Å². The van der Waals surface area contributed by atoms with Crippen LogP contribution >= 0.6 is 0 Å². The molecule has 0 saturated carbocycles. The van der Waals surface area contributed by atoms with Crippen LogP contribution in [-0.4, -0.2) is 9.55 Å². The van der Waals surface area contributed by atoms with Crippen molar-refractivity contribution in [3.8, 4) is 34.0 Å². The van der Waals surface area contributed by atoms with E-state index in [2.05, 4.69) is 95.3 Å². The Labute approximate surface area is 198 Å². The molecule has 3 nitrogen and oxygen atoms in total. The molecule has 0 radical (unpaired) electrons. The average molecular weight is 436 g/mol. The van der Waals surface area contributed by atoms with E-state index in [1.807, 2.05) is 24.3 Å². The van der Waals surface area contributed by atoms with Gasteiger partial charge in [-0.1, -0.05) is 66.2 Å². The van der Waals surface area contributed by atoms with Gasteiger partial charge in [-0.25, -0.2) is 0 Å². The lowest BCUT2D eigenvalue weighted by molar-refractivity contribution is 1.18. The third-order valence-corrected chi connectivity index (χ3v) is 6.34. The number of benzene rings is 4. The van der Waals surface area contributed by atoms with Crippen molar-refractivity contribution in [2.24, 2.45) is 0 Å². The molecule has 0 atom stereocenters. The fourth-order valence-corrected chi connectivity index (χ4v) is 4.85. The third kappa shape index (κ3) is 3.25. The van der Waals surface area contributed by atoms with Gasteiger partial charge in [-0.15, -0.1) is 0 Å². The molecule has 160 valence electrons. The molecular weight excluding hydrogens is 414 g/mol. The molecule has 2 aromatic heterocycles. The molecule has 0 aliphatic heterocycles. The Hall–Kier alpha value is -4.68. The molecule has 0 bridgehead atoms. The van der Waals surface area contributed by atoms with E-state index in [4.69, 9.17) is 0 Å². The molecule has 0 aliphatic carbocycles. The second-order valence-corrected chi connectivity index (χ2v) is 8.54. The molecule has 2 heterocycles. The summed E-state index contributed by atoms with van der Waals surface area (Å²) in [5.74, 6) is 0. The van der Waals surface area contributed by atoms with E-state index in [-0.39, 0.29) is 0 Å². The number of rotatable bonds is 3.